The molecule has 24 heavy (non-hydrogen) atoms. The summed E-state index contributed by atoms with van der Waals surface area (Å²) in [5.74, 6) is 0.788. The first-order valence-corrected chi connectivity index (χ1v) is 7.43. The molecule has 0 fully saturated rings. The number of benzene rings is 1. The number of furan rings is 1. The molecule has 1 aromatic carbocycles. The first-order chi connectivity index (χ1) is 11.6. The number of hydrogen-bond acceptors (Lipinski definition) is 5. The van der Waals surface area contributed by atoms with E-state index in [1.807, 2.05) is 18.2 Å². The van der Waals surface area contributed by atoms with Gasteiger partial charge in [0.25, 0.3) is 5.91 Å². The van der Waals surface area contributed by atoms with Crippen molar-refractivity contribution < 1.29 is 23.5 Å². The monoisotopic (exact) mass is 332 g/mol. The molecule has 0 saturated carbocycles. The van der Waals surface area contributed by atoms with Gasteiger partial charge in [-0.25, -0.2) is 0 Å². The van der Waals surface area contributed by atoms with Crippen LogP contribution >= 0.6 is 0 Å². The highest BCUT2D eigenvalue weighted by Crippen LogP contribution is 2.27. The van der Waals surface area contributed by atoms with E-state index in [2.05, 4.69) is 10.6 Å². The topological polar surface area (TPSA) is 89.8 Å². The fraction of sp³-hybridized carbons (Fsp3) is 0.294. The highest BCUT2D eigenvalue weighted by Gasteiger charge is 2.10. The second-order valence-corrected chi connectivity index (χ2v) is 4.95. The number of methoxy groups -OCH3 is 2. The van der Waals surface area contributed by atoms with Crippen molar-refractivity contribution in [3.05, 3.63) is 47.9 Å². The van der Waals surface area contributed by atoms with Gasteiger partial charge >= 0.3 is 0 Å². The Balaban J connectivity index is 1.73. The van der Waals surface area contributed by atoms with E-state index in [4.69, 9.17) is 13.9 Å². The summed E-state index contributed by atoms with van der Waals surface area (Å²) in [5.41, 5.74) is 1.01. The number of carbonyl (C=O) groups is 2. The smallest absolute Gasteiger partial charge is 0.287 e. The Morgan fingerprint density at radius 2 is 1.88 bits per heavy atom. The fourth-order valence-electron chi connectivity index (χ4n) is 2.10. The van der Waals surface area contributed by atoms with Gasteiger partial charge in [-0.1, -0.05) is 6.07 Å². The van der Waals surface area contributed by atoms with E-state index in [9.17, 15) is 9.59 Å². The number of hydrogen-bond donors (Lipinski definition) is 2. The second-order valence-electron chi connectivity index (χ2n) is 4.95. The van der Waals surface area contributed by atoms with Crippen LogP contribution in [0, 0.1) is 0 Å². The zero-order valence-corrected chi connectivity index (χ0v) is 13.6. The summed E-state index contributed by atoms with van der Waals surface area (Å²) in [6, 6.07) is 8.73. The summed E-state index contributed by atoms with van der Waals surface area (Å²) in [4.78, 5) is 23.4. The zero-order chi connectivity index (χ0) is 17.4. The molecule has 0 spiro atoms. The minimum Gasteiger partial charge on any atom is -0.493 e. The summed E-state index contributed by atoms with van der Waals surface area (Å²) in [5, 5.41) is 5.23. The highest BCUT2D eigenvalue weighted by molar-refractivity contribution is 5.94. The molecule has 1 heterocycles. The molecule has 0 aliphatic carbocycles. The number of amides is 2. The first-order valence-electron chi connectivity index (χ1n) is 7.43. The summed E-state index contributed by atoms with van der Waals surface area (Å²) < 4.78 is 15.4. The van der Waals surface area contributed by atoms with Gasteiger partial charge in [-0.05, 0) is 36.2 Å². The average molecular weight is 332 g/mol. The lowest BCUT2D eigenvalue weighted by atomic mass is 10.1. The molecule has 7 heteroatoms. The predicted molar refractivity (Wildman–Crippen MR) is 87.3 cm³/mol. The van der Waals surface area contributed by atoms with E-state index < -0.39 is 5.91 Å². The maximum Gasteiger partial charge on any atom is 0.287 e. The first kappa shape index (κ1) is 17.4. The zero-order valence-electron chi connectivity index (χ0n) is 13.6. The van der Waals surface area contributed by atoms with Crippen LogP contribution in [-0.4, -0.2) is 39.1 Å². The molecule has 0 aliphatic heterocycles. The predicted octanol–water partition coefficient (Wildman–Crippen LogP) is 1.39. The summed E-state index contributed by atoms with van der Waals surface area (Å²) >= 11 is 0. The molecule has 0 atom stereocenters. The van der Waals surface area contributed by atoms with Crippen LogP contribution in [0.1, 0.15) is 16.1 Å². The maximum absolute atomic E-state index is 11.7. The highest BCUT2D eigenvalue weighted by atomic mass is 16.5. The van der Waals surface area contributed by atoms with Crippen LogP contribution in [-0.2, 0) is 11.2 Å². The molecule has 128 valence electrons. The lowest BCUT2D eigenvalue weighted by molar-refractivity contribution is -0.120. The van der Waals surface area contributed by atoms with Crippen molar-refractivity contribution in [2.75, 3.05) is 27.3 Å². The largest absolute Gasteiger partial charge is 0.493 e. The Kier molecular flexibility index (Phi) is 6.24. The van der Waals surface area contributed by atoms with Gasteiger partial charge in [0.15, 0.2) is 17.3 Å². The van der Waals surface area contributed by atoms with Crippen LogP contribution < -0.4 is 20.1 Å². The van der Waals surface area contributed by atoms with Crippen molar-refractivity contribution >= 4 is 11.8 Å². The van der Waals surface area contributed by atoms with Gasteiger partial charge in [0, 0.05) is 6.54 Å². The lowest BCUT2D eigenvalue weighted by Gasteiger charge is -2.10. The maximum atomic E-state index is 11.7. The Morgan fingerprint density at radius 1 is 1.08 bits per heavy atom. The van der Waals surface area contributed by atoms with Crippen molar-refractivity contribution in [2.45, 2.75) is 6.42 Å². The normalized spacial score (nSPS) is 10.1. The molecular weight excluding hydrogens is 312 g/mol. The molecule has 2 aromatic rings. The molecule has 2 amide bonds. The van der Waals surface area contributed by atoms with E-state index in [1.165, 1.54) is 12.3 Å². The third-order valence-corrected chi connectivity index (χ3v) is 3.34. The van der Waals surface area contributed by atoms with Gasteiger partial charge in [0.1, 0.15) is 0 Å². The van der Waals surface area contributed by atoms with Crippen molar-refractivity contribution in [3.63, 3.8) is 0 Å². The summed E-state index contributed by atoms with van der Waals surface area (Å²) in [6.45, 7) is 0.344. The van der Waals surface area contributed by atoms with Gasteiger partial charge in [0.2, 0.25) is 5.91 Å². The molecule has 1 aromatic heterocycles. The Hall–Kier alpha value is -2.96. The van der Waals surface area contributed by atoms with Crippen LogP contribution in [0.4, 0.5) is 0 Å². The van der Waals surface area contributed by atoms with Crippen molar-refractivity contribution in [1.82, 2.24) is 10.6 Å². The van der Waals surface area contributed by atoms with E-state index >= 15 is 0 Å². The van der Waals surface area contributed by atoms with Crippen molar-refractivity contribution in [3.8, 4) is 11.5 Å². The van der Waals surface area contributed by atoms with Gasteiger partial charge in [-0.2, -0.15) is 0 Å². The van der Waals surface area contributed by atoms with Crippen LogP contribution in [0.2, 0.25) is 0 Å². The SMILES string of the molecule is COc1ccc(CCNC(=O)CNC(=O)c2ccco2)cc1OC. The van der Waals surface area contributed by atoms with Crippen LogP contribution in [0.15, 0.2) is 41.0 Å². The van der Waals surface area contributed by atoms with Gasteiger partial charge in [0.05, 0.1) is 27.0 Å². The Morgan fingerprint density at radius 3 is 2.54 bits per heavy atom. The number of rotatable bonds is 8. The summed E-state index contributed by atoms with van der Waals surface area (Å²) in [7, 11) is 3.15. The molecule has 0 bridgehead atoms. The minimum atomic E-state index is -0.421. The standard InChI is InChI=1S/C17H20N2O5/c1-22-13-6-5-12(10-15(13)23-2)7-8-18-16(20)11-19-17(21)14-4-3-9-24-14/h3-6,9-10H,7-8,11H2,1-2H3,(H,18,20)(H,19,21). The minimum absolute atomic E-state index is 0.106. The lowest BCUT2D eigenvalue weighted by Crippen LogP contribution is -2.37. The molecule has 2 N–H and O–H groups in total. The van der Waals surface area contributed by atoms with E-state index in [0.717, 1.165) is 5.56 Å². The molecular formula is C17H20N2O5. The molecule has 7 nitrogen and oxygen atoms in total. The van der Waals surface area contributed by atoms with E-state index in [0.29, 0.717) is 24.5 Å². The van der Waals surface area contributed by atoms with Crippen LogP contribution in [0.25, 0.3) is 0 Å². The molecule has 0 unspecified atom stereocenters. The van der Waals surface area contributed by atoms with Crippen molar-refractivity contribution in [2.24, 2.45) is 0 Å². The number of carbonyl (C=O) groups excluding carboxylic acids is 2. The molecule has 0 radical (unpaired) electrons. The number of ether oxygens (including phenoxy) is 2. The van der Waals surface area contributed by atoms with Gasteiger partial charge < -0.3 is 24.5 Å². The fourth-order valence-corrected chi connectivity index (χ4v) is 2.10. The molecule has 2 rings (SSSR count). The van der Waals surface area contributed by atoms with Crippen molar-refractivity contribution in [1.29, 1.82) is 0 Å². The molecule has 0 saturated heterocycles. The van der Waals surface area contributed by atoms with E-state index in [1.54, 1.807) is 20.3 Å². The Labute approximate surface area is 139 Å². The quantitative estimate of drug-likeness (QED) is 0.762. The summed E-state index contributed by atoms with van der Waals surface area (Å²) in [6.07, 6.45) is 2.04. The van der Waals surface area contributed by atoms with Gasteiger partial charge in [-0.15, -0.1) is 0 Å². The van der Waals surface area contributed by atoms with E-state index in [-0.39, 0.29) is 18.2 Å². The second kappa shape index (κ2) is 8.61. The number of nitrogens with one attached hydrogen (secondary N) is 2. The molecule has 0 aliphatic rings. The van der Waals surface area contributed by atoms with Crippen LogP contribution in [0.5, 0.6) is 11.5 Å². The van der Waals surface area contributed by atoms with Gasteiger partial charge in [-0.3, -0.25) is 9.59 Å². The third kappa shape index (κ3) is 4.77. The van der Waals surface area contributed by atoms with Crippen LogP contribution in [0.3, 0.4) is 0 Å². The average Bonchev–Trinajstić information content (AvgIpc) is 3.14. The third-order valence-electron chi connectivity index (χ3n) is 3.34. The Bertz CT molecular complexity index is 682.